The molecule has 0 unspecified atom stereocenters. The van der Waals surface area contributed by atoms with E-state index in [4.69, 9.17) is 16.7 Å². The molecule has 0 saturated heterocycles. The first-order chi connectivity index (χ1) is 8.17. The van der Waals surface area contributed by atoms with Gasteiger partial charge in [-0.2, -0.15) is 0 Å². The number of aliphatic hydroxyl groups excluding tert-OH is 1. The van der Waals surface area contributed by atoms with Crippen molar-refractivity contribution >= 4 is 28.8 Å². The average Bonchev–Trinajstić information content (AvgIpc) is 2.65. The van der Waals surface area contributed by atoms with Gasteiger partial charge in [-0.3, -0.25) is 4.79 Å². The highest BCUT2D eigenvalue weighted by Crippen LogP contribution is 2.27. The molecular weight excluding hydrogens is 238 g/mol. The highest BCUT2D eigenvalue weighted by molar-refractivity contribution is 6.32. The summed E-state index contributed by atoms with van der Waals surface area (Å²) in [6.45, 7) is 2.73. The van der Waals surface area contributed by atoms with E-state index in [0.717, 1.165) is 22.8 Å². The van der Waals surface area contributed by atoms with Gasteiger partial charge in [0.05, 0.1) is 5.52 Å². The van der Waals surface area contributed by atoms with Crippen molar-refractivity contribution in [1.82, 2.24) is 4.57 Å². The van der Waals surface area contributed by atoms with Crippen LogP contribution in [0.5, 0.6) is 0 Å². The second kappa shape index (κ2) is 4.90. The molecule has 2 rings (SSSR count). The molecule has 1 N–H and O–H groups in total. The summed E-state index contributed by atoms with van der Waals surface area (Å²) in [4.78, 5) is 11.0. The van der Waals surface area contributed by atoms with Gasteiger partial charge in [0.2, 0.25) is 0 Å². The quantitative estimate of drug-likeness (QED) is 0.849. The smallest absolute Gasteiger partial charge is 0.152 e. The first-order valence-corrected chi connectivity index (χ1v) is 5.90. The van der Waals surface area contributed by atoms with Crippen molar-refractivity contribution in [3.05, 3.63) is 34.5 Å². The van der Waals surface area contributed by atoms with E-state index in [9.17, 15) is 4.79 Å². The minimum atomic E-state index is 0.135. The second-order valence-electron chi connectivity index (χ2n) is 4.09. The van der Waals surface area contributed by atoms with E-state index in [-0.39, 0.29) is 6.61 Å². The zero-order valence-corrected chi connectivity index (χ0v) is 10.4. The third-order valence-corrected chi connectivity index (χ3v) is 3.28. The zero-order chi connectivity index (χ0) is 12.4. The van der Waals surface area contributed by atoms with Crippen molar-refractivity contribution in [2.75, 3.05) is 6.61 Å². The normalized spacial score (nSPS) is 11.0. The maximum atomic E-state index is 11.0. The number of carbonyl (C=O) groups excluding carboxylic acids is 1. The average molecular weight is 252 g/mol. The number of aryl methyl sites for hydroxylation is 2. The summed E-state index contributed by atoms with van der Waals surface area (Å²) in [5, 5.41) is 10.5. The Morgan fingerprint density at radius 2 is 2.24 bits per heavy atom. The monoisotopic (exact) mass is 251 g/mol. The van der Waals surface area contributed by atoms with E-state index in [1.54, 1.807) is 0 Å². The van der Waals surface area contributed by atoms with Crippen LogP contribution in [0.2, 0.25) is 5.02 Å². The van der Waals surface area contributed by atoms with Crippen LogP contribution in [0.15, 0.2) is 18.3 Å². The molecule has 0 radical (unpaired) electrons. The fraction of sp³-hybridized carbons (Fsp3) is 0.308. The number of halogens is 1. The standard InChI is InChI=1S/C13H14ClNO2/c1-9-5-11-10(8-17)7-15(3-2-4-16)13(11)6-12(9)14/h5-8,16H,2-4H2,1H3. The molecule has 0 spiro atoms. The predicted octanol–water partition coefficient (Wildman–Crippen LogP) is 2.80. The predicted molar refractivity (Wildman–Crippen MR) is 68.8 cm³/mol. The highest BCUT2D eigenvalue weighted by atomic mass is 35.5. The molecule has 0 aliphatic carbocycles. The lowest BCUT2D eigenvalue weighted by Crippen LogP contribution is -1.98. The van der Waals surface area contributed by atoms with Crippen LogP contribution in [-0.2, 0) is 6.54 Å². The van der Waals surface area contributed by atoms with Crippen LogP contribution in [0.3, 0.4) is 0 Å². The number of rotatable bonds is 4. The van der Waals surface area contributed by atoms with Crippen LogP contribution in [0.1, 0.15) is 22.3 Å². The number of aldehydes is 1. The molecule has 0 aliphatic heterocycles. The van der Waals surface area contributed by atoms with Crippen LogP contribution in [0.4, 0.5) is 0 Å². The minimum absolute atomic E-state index is 0.135. The van der Waals surface area contributed by atoms with E-state index >= 15 is 0 Å². The maximum Gasteiger partial charge on any atom is 0.152 e. The summed E-state index contributed by atoms with van der Waals surface area (Å²) in [6.07, 6.45) is 3.32. The molecule has 3 nitrogen and oxygen atoms in total. The van der Waals surface area contributed by atoms with Gasteiger partial charge in [0.15, 0.2) is 6.29 Å². The molecule has 2 aromatic rings. The molecule has 1 aromatic heterocycles. The summed E-state index contributed by atoms with van der Waals surface area (Å²) < 4.78 is 1.96. The van der Waals surface area contributed by atoms with Gasteiger partial charge in [-0.15, -0.1) is 0 Å². The molecule has 0 bridgehead atoms. The summed E-state index contributed by atoms with van der Waals surface area (Å²) in [5.74, 6) is 0. The molecule has 0 aliphatic rings. The van der Waals surface area contributed by atoms with E-state index in [2.05, 4.69) is 0 Å². The molecule has 0 saturated carbocycles. The van der Waals surface area contributed by atoms with Crippen LogP contribution in [0.25, 0.3) is 10.9 Å². The van der Waals surface area contributed by atoms with Crippen molar-refractivity contribution in [2.45, 2.75) is 19.9 Å². The number of nitrogens with zero attached hydrogens (tertiary/aromatic N) is 1. The zero-order valence-electron chi connectivity index (χ0n) is 9.61. The molecule has 0 atom stereocenters. The lowest BCUT2D eigenvalue weighted by Gasteiger charge is -2.05. The van der Waals surface area contributed by atoms with E-state index in [1.165, 1.54) is 0 Å². The van der Waals surface area contributed by atoms with Gasteiger partial charge in [0, 0.05) is 35.3 Å². The van der Waals surface area contributed by atoms with Crippen LogP contribution in [0, 0.1) is 6.92 Å². The number of fused-ring (bicyclic) bond motifs is 1. The summed E-state index contributed by atoms with van der Waals surface area (Å²) in [6, 6.07) is 3.80. The second-order valence-corrected chi connectivity index (χ2v) is 4.50. The number of aromatic nitrogens is 1. The van der Waals surface area contributed by atoms with Crippen molar-refractivity contribution < 1.29 is 9.90 Å². The number of carbonyl (C=O) groups is 1. The third-order valence-electron chi connectivity index (χ3n) is 2.88. The number of hydrogen-bond donors (Lipinski definition) is 1. The topological polar surface area (TPSA) is 42.2 Å². The Morgan fingerprint density at radius 1 is 1.47 bits per heavy atom. The molecular formula is C13H14ClNO2. The third kappa shape index (κ3) is 2.21. The first-order valence-electron chi connectivity index (χ1n) is 5.52. The van der Waals surface area contributed by atoms with E-state index in [0.29, 0.717) is 23.6 Å². The lowest BCUT2D eigenvalue weighted by atomic mass is 10.1. The van der Waals surface area contributed by atoms with E-state index < -0.39 is 0 Å². The summed E-state index contributed by atoms with van der Waals surface area (Å²) in [7, 11) is 0. The van der Waals surface area contributed by atoms with Crippen molar-refractivity contribution in [3.63, 3.8) is 0 Å². The van der Waals surface area contributed by atoms with Gasteiger partial charge in [0.1, 0.15) is 0 Å². The van der Waals surface area contributed by atoms with Crippen LogP contribution in [-0.4, -0.2) is 22.6 Å². The number of hydrogen-bond acceptors (Lipinski definition) is 2. The van der Waals surface area contributed by atoms with Crippen molar-refractivity contribution in [1.29, 1.82) is 0 Å². The largest absolute Gasteiger partial charge is 0.396 e. The lowest BCUT2D eigenvalue weighted by molar-refractivity contribution is 0.112. The molecule has 0 fully saturated rings. The van der Waals surface area contributed by atoms with E-state index in [1.807, 2.05) is 29.8 Å². The Labute approximate surface area is 105 Å². The molecule has 90 valence electrons. The Balaban J connectivity index is 2.60. The van der Waals surface area contributed by atoms with Gasteiger partial charge in [-0.1, -0.05) is 11.6 Å². The van der Waals surface area contributed by atoms with Gasteiger partial charge < -0.3 is 9.67 Å². The van der Waals surface area contributed by atoms with Gasteiger partial charge >= 0.3 is 0 Å². The van der Waals surface area contributed by atoms with Gasteiger partial charge in [-0.05, 0) is 31.0 Å². The van der Waals surface area contributed by atoms with Crippen molar-refractivity contribution in [3.8, 4) is 0 Å². The Bertz CT molecular complexity index is 560. The maximum absolute atomic E-state index is 11.0. The molecule has 1 aromatic carbocycles. The highest BCUT2D eigenvalue weighted by Gasteiger charge is 2.09. The Kier molecular flexibility index (Phi) is 3.50. The minimum Gasteiger partial charge on any atom is -0.396 e. The molecule has 4 heteroatoms. The van der Waals surface area contributed by atoms with Crippen molar-refractivity contribution in [2.24, 2.45) is 0 Å². The Morgan fingerprint density at radius 3 is 2.88 bits per heavy atom. The van der Waals surface area contributed by atoms with Crippen LogP contribution < -0.4 is 0 Å². The SMILES string of the molecule is Cc1cc2c(C=O)cn(CCCO)c2cc1Cl. The van der Waals surface area contributed by atoms with Crippen LogP contribution >= 0.6 is 11.6 Å². The molecule has 17 heavy (non-hydrogen) atoms. The number of benzene rings is 1. The summed E-state index contributed by atoms with van der Waals surface area (Å²) >= 11 is 6.10. The number of aliphatic hydroxyl groups is 1. The Hall–Kier alpha value is -1.32. The molecule has 1 heterocycles. The fourth-order valence-corrected chi connectivity index (χ4v) is 2.12. The molecule has 0 amide bonds. The first kappa shape index (κ1) is 12.1. The summed E-state index contributed by atoms with van der Waals surface area (Å²) in [5.41, 5.74) is 2.57. The van der Waals surface area contributed by atoms with Gasteiger partial charge in [-0.25, -0.2) is 0 Å². The van der Waals surface area contributed by atoms with Gasteiger partial charge in [0.25, 0.3) is 0 Å². The fourth-order valence-electron chi connectivity index (χ4n) is 1.97.